The first-order valence-corrected chi connectivity index (χ1v) is 11.1. The fourth-order valence-corrected chi connectivity index (χ4v) is 4.49. The number of para-hydroxylation sites is 1. The largest absolute Gasteiger partial charge is 0.341 e. The summed E-state index contributed by atoms with van der Waals surface area (Å²) in [4.78, 5) is 42.3. The van der Waals surface area contributed by atoms with Gasteiger partial charge in [-0.25, -0.2) is 0 Å². The van der Waals surface area contributed by atoms with Gasteiger partial charge in [0.15, 0.2) is 0 Å². The van der Waals surface area contributed by atoms with Crippen molar-refractivity contribution in [3.8, 4) is 0 Å². The van der Waals surface area contributed by atoms with Gasteiger partial charge in [-0.15, -0.1) is 0 Å². The number of carbonyl (C=O) groups is 3. The lowest BCUT2D eigenvalue weighted by atomic mass is 9.94. The molecule has 3 amide bonds. The van der Waals surface area contributed by atoms with E-state index in [0.29, 0.717) is 38.9 Å². The van der Waals surface area contributed by atoms with E-state index in [1.807, 2.05) is 65.6 Å². The number of carbonyl (C=O) groups excluding carboxylic acids is 3. The number of piperidine rings is 2. The summed E-state index contributed by atoms with van der Waals surface area (Å²) in [5.74, 6) is -0.103. The first kappa shape index (κ1) is 21.1. The highest BCUT2D eigenvalue weighted by atomic mass is 16.2. The van der Waals surface area contributed by atoms with Crippen LogP contribution in [0.1, 0.15) is 43.7 Å². The third-order valence-electron chi connectivity index (χ3n) is 6.24. The van der Waals surface area contributed by atoms with Crippen LogP contribution in [0.2, 0.25) is 0 Å². The topological polar surface area (TPSA) is 69.7 Å². The zero-order valence-corrected chi connectivity index (χ0v) is 17.7. The Hall–Kier alpha value is -3.15. The Labute approximate surface area is 183 Å². The van der Waals surface area contributed by atoms with Gasteiger partial charge in [0.05, 0.1) is 0 Å². The molecule has 1 atom stereocenters. The van der Waals surface area contributed by atoms with Crippen molar-refractivity contribution in [3.63, 3.8) is 0 Å². The van der Waals surface area contributed by atoms with Crippen molar-refractivity contribution < 1.29 is 14.4 Å². The maximum Gasteiger partial charge on any atom is 0.250 e. The van der Waals surface area contributed by atoms with Gasteiger partial charge in [0.1, 0.15) is 6.04 Å². The predicted octanol–water partition coefficient (Wildman–Crippen LogP) is 3.62. The number of hydrogen-bond donors (Lipinski definition) is 1. The van der Waals surface area contributed by atoms with Crippen molar-refractivity contribution in [2.45, 2.75) is 38.1 Å². The molecule has 0 bridgehead atoms. The average Bonchev–Trinajstić information content (AvgIpc) is 2.82. The van der Waals surface area contributed by atoms with Gasteiger partial charge in [0.25, 0.3) is 0 Å². The van der Waals surface area contributed by atoms with Gasteiger partial charge in [-0.05, 0) is 43.4 Å². The second kappa shape index (κ2) is 9.77. The molecule has 0 spiro atoms. The maximum absolute atomic E-state index is 13.5. The summed E-state index contributed by atoms with van der Waals surface area (Å²) in [6, 6.07) is 18.4. The molecule has 2 aliphatic rings. The number of anilines is 1. The van der Waals surface area contributed by atoms with E-state index in [1.54, 1.807) is 4.90 Å². The molecule has 6 nitrogen and oxygen atoms in total. The minimum atomic E-state index is -0.580. The van der Waals surface area contributed by atoms with Crippen LogP contribution in [0.5, 0.6) is 0 Å². The molecular weight excluding hydrogens is 390 g/mol. The zero-order chi connectivity index (χ0) is 21.6. The van der Waals surface area contributed by atoms with E-state index in [-0.39, 0.29) is 23.6 Å². The Kier molecular flexibility index (Phi) is 6.65. The summed E-state index contributed by atoms with van der Waals surface area (Å²) in [5, 5.41) is 2.97. The number of amides is 3. The van der Waals surface area contributed by atoms with Crippen molar-refractivity contribution >= 4 is 23.4 Å². The van der Waals surface area contributed by atoms with Gasteiger partial charge in [-0.2, -0.15) is 0 Å². The molecule has 2 saturated heterocycles. The van der Waals surface area contributed by atoms with Crippen LogP contribution in [-0.2, 0) is 14.4 Å². The predicted molar refractivity (Wildman–Crippen MR) is 119 cm³/mol. The normalized spacial score (nSPS) is 18.5. The Balaban J connectivity index is 1.43. The molecular formula is C25H29N3O3. The standard InChI is InChI=1S/C25H29N3O3/c29-22-13-7-8-16-28(22)23(19-9-3-1-4-10-19)25(31)27-17-14-20(15-18-27)24(30)26-21-11-5-2-6-12-21/h1-6,9-12,20,23H,7-8,13-18H2,(H,26,30). The summed E-state index contributed by atoms with van der Waals surface area (Å²) >= 11 is 0. The smallest absolute Gasteiger partial charge is 0.250 e. The number of rotatable bonds is 5. The highest BCUT2D eigenvalue weighted by Crippen LogP contribution is 2.29. The molecule has 0 radical (unpaired) electrons. The number of benzene rings is 2. The molecule has 31 heavy (non-hydrogen) atoms. The van der Waals surface area contributed by atoms with Gasteiger partial charge in [0, 0.05) is 37.7 Å². The minimum Gasteiger partial charge on any atom is -0.341 e. The molecule has 2 heterocycles. The van der Waals surface area contributed by atoms with Crippen molar-refractivity contribution in [3.05, 3.63) is 66.2 Å². The molecule has 2 aromatic carbocycles. The lowest BCUT2D eigenvalue weighted by Crippen LogP contribution is -2.49. The van der Waals surface area contributed by atoms with E-state index in [2.05, 4.69) is 5.32 Å². The van der Waals surface area contributed by atoms with Crippen LogP contribution in [0.3, 0.4) is 0 Å². The molecule has 0 saturated carbocycles. The number of nitrogens with one attached hydrogen (secondary N) is 1. The summed E-state index contributed by atoms with van der Waals surface area (Å²) in [6.45, 7) is 1.66. The van der Waals surface area contributed by atoms with Gasteiger partial charge in [-0.3, -0.25) is 14.4 Å². The van der Waals surface area contributed by atoms with Crippen molar-refractivity contribution in [1.82, 2.24) is 9.80 Å². The van der Waals surface area contributed by atoms with Gasteiger partial charge in [-0.1, -0.05) is 48.5 Å². The van der Waals surface area contributed by atoms with E-state index in [9.17, 15) is 14.4 Å². The van der Waals surface area contributed by atoms with Gasteiger partial charge >= 0.3 is 0 Å². The number of likely N-dealkylation sites (tertiary alicyclic amines) is 2. The van der Waals surface area contributed by atoms with Gasteiger partial charge < -0.3 is 15.1 Å². The summed E-state index contributed by atoms with van der Waals surface area (Å²) in [7, 11) is 0. The Morgan fingerprint density at radius 2 is 1.52 bits per heavy atom. The van der Waals surface area contributed by atoms with E-state index >= 15 is 0 Å². The van der Waals surface area contributed by atoms with Crippen LogP contribution in [0.15, 0.2) is 60.7 Å². The molecule has 6 heteroatoms. The quantitative estimate of drug-likeness (QED) is 0.805. The van der Waals surface area contributed by atoms with E-state index < -0.39 is 6.04 Å². The van der Waals surface area contributed by atoms with Crippen LogP contribution in [-0.4, -0.2) is 47.2 Å². The highest BCUT2D eigenvalue weighted by Gasteiger charge is 2.37. The van der Waals surface area contributed by atoms with Crippen LogP contribution in [0.4, 0.5) is 5.69 Å². The van der Waals surface area contributed by atoms with Crippen LogP contribution in [0, 0.1) is 5.92 Å². The highest BCUT2D eigenvalue weighted by molar-refractivity contribution is 5.93. The van der Waals surface area contributed by atoms with E-state index in [1.165, 1.54) is 0 Å². The van der Waals surface area contributed by atoms with Crippen molar-refractivity contribution in [1.29, 1.82) is 0 Å². The number of nitrogens with zero attached hydrogens (tertiary/aromatic N) is 2. The molecule has 2 aliphatic heterocycles. The Morgan fingerprint density at radius 1 is 0.871 bits per heavy atom. The number of hydrogen-bond acceptors (Lipinski definition) is 3. The lowest BCUT2D eigenvalue weighted by Gasteiger charge is -2.39. The van der Waals surface area contributed by atoms with Crippen molar-refractivity contribution in [2.24, 2.45) is 5.92 Å². The molecule has 1 unspecified atom stereocenters. The fourth-order valence-electron chi connectivity index (χ4n) is 4.49. The summed E-state index contributed by atoms with van der Waals surface area (Å²) in [6.07, 6.45) is 3.55. The molecule has 2 aromatic rings. The van der Waals surface area contributed by atoms with Crippen molar-refractivity contribution in [2.75, 3.05) is 25.0 Å². The minimum absolute atomic E-state index is 0.00381. The monoisotopic (exact) mass is 419 g/mol. The summed E-state index contributed by atoms with van der Waals surface area (Å²) in [5.41, 5.74) is 1.64. The van der Waals surface area contributed by atoms with Crippen LogP contribution >= 0.6 is 0 Å². The third kappa shape index (κ3) is 4.95. The van der Waals surface area contributed by atoms with Crippen LogP contribution < -0.4 is 5.32 Å². The molecule has 162 valence electrons. The van der Waals surface area contributed by atoms with E-state index in [0.717, 1.165) is 24.1 Å². The summed E-state index contributed by atoms with van der Waals surface area (Å²) < 4.78 is 0. The van der Waals surface area contributed by atoms with Crippen LogP contribution in [0.25, 0.3) is 0 Å². The third-order valence-corrected chi connectivity index (χ3v) is 6.24. The molecule has 0 aliphatic carbocycles. The maximum atomic E-state index is 13.5. The Morgan fingerprint density at radius 3 is 2.16 bits per heavy atom. The first-order valence-electron chi connectivity index (χ1n) is 11.1. The fraction of sp³-hybridized carbons (Fsp3) is 0.400. The molecule has 2 fully saturated rings. The molecule has 1 N–H and O–H groups in total. The lowest BCUT2D eigenvalue weighted by molar-refractivity contribution is -0.149. The zero-order valence-electron chi connectivity index (χ0n) is 17.7. The van der Waals surface area contributed by atoms with E-state index in [4.69, 9.17) is 0 Å². The van der Waals surface area contributed by atoms with Gasteiger partial charge in [0.2, 0.25) is 17.7 Å². The average molecular weight is 420 g/mol. The molecule has 0 aromatic heterocycles. The second-order valence-corrected chi connectivity index (χ2v) is 8.31. The second-order valence-electron chi connectivity index (χ2n) is 8.31. The molecule has 4 rings (SSSR count). The Bertz CT molecular complexity index is 908. The first-order chi connectivity index (χ1) is 15.1. The SMILES string of the molecule is O=C(Nc1ccccc1)C1CCN(C(=O)C(c2ccccc2)N2CCCCC2=O)CC1.